The Kier molecular flexibility index (Phi) is 5.81. The SMILES string of the molecule is C=CC(=N/C=C\C)c1cc(Cc2ccccc2)cc(C(C)=O)c1. The maximum atomic E-state index is 11.8. The Morgan fingerprint density at radius 3 is 2.39 bits per heavy atom. The second-order valence-electron chi connectivity index (χ2n) is 5.34. The third-order valence-corrected chi connectivity index (χ3v) is 3.50. The smallest absolute Gasteiger partial charge is 0.159 e. The van der Waals surface area contributed by atoms with Gasteiger partial charge in [0, 0.05) is 17.3 Å². The Morgan fingerprint density at radius 2 is 1.78 bits per heavy atom. The van der Waals surface area contributed by atoms with Gasteiger partial charge in [0.1, 0.15) is 0 Å². The molecule has 2 rings (SSSR count). The number of hydrogen-bond acceptors (Lipinski definition) is 2. The van der Waals surface area contributed by atoms with E-state index in [4.69, 9.17) is 0 Å². The van der Waals surface area contributed by atoms with Crippen LogP contribution < -0.4 is 0 Å². The van der Waals surface area contributed by atoms with Crippen LogP contribution in [0.4, 0.5) is 0 Å². The number of nitrogens with zero attached hydrogens (tertiary/aromatic N) is 1. The third kappa shape index (κ3) is 4.62. The van der Waals surface area contributed by atoms with Gasteiger partial charge in [0.25, 0.3) is 0 Å². The third-order valence-electron chi connectivity index (χ3n) is 3.50. The topological polar surface area (TPSA) is 29.4 Å². The molecule has 2 aromatic carbocycles. The lowest BCUT2D eigenvalue weighted by Crippen LogP contribution is -2.03. The van der Waals surface area contributed by atoms with Gasteiger partial charge in [-0.15, -0.1) is 0 Å². The van der Waals surface area contributed by atoms with Crippen LogP contribution >= 0.6 is 0 Å². The van der Waals surface area contributed by atoms with E-state index in [2.05, 4.69) is 29.8 Å². The summed E-state index contributed by atoms with van der Waals surface area (Å²) in [5, 5.41) is 0. The number of carbonyl (C=O) groups is 1. The van der Waals surface area contributed by atoms with Crippen LogP contribution in [0.1, 0.15) is 40.9 Å². The minimum Gasteiger partial charge on any atom is -0.295 e. The van der Waals surface area contributed by atoms with E-state index in [1.165, 1.54) is 5.56 Å². The largest absolute Gasteiger partial charge is 0.295 e. The van der Waals surface area contributed by atoms with E-state index in [0.29, 0.717) is 5.56 Å². The summed E-state index contributed by atoms with van der Waals surface area (Å²) in [5.74, 6) is 0.0515. The number of aliphatic imine (C=N–C) groups is 1. The summed E-state index contributed by atoms with van der Waals surface area (Å²) in [6.45, 7) is 7.33. The van der Waals surface area contributed by atoms with Gasteiger partial charge in [-0.1, -0.05) is 43.0 Å². The van der Waals surface area contributed by atoms with E-state index in [-0.39, 0.29) is 5.78 Å². The summed E-state index contributed by atoms with van der Waals surface area (Å²) in [4.78, 5) is 16.2. The van der Waals surface area contributed by atoms with Gasteiger partial charge in [-0.3, -0.25) is 9.79 Å². The Morgan fingerprint density at radius 1 is 1.09 bits per heavy atom. The summed E-state index contributed by atoms with van der Waals surface area (Å²) >= 11 is 0. The highest BCUT2D eigenvalue weighted by molar-refractivity contribution is 6.10. The first-order valence-electron chi connectivity index (χ1n) is 7.64. The van der Waals surface area contributed by atoms with Gasteiger partial charge >= 0.3 is 0 Å². The predicted molar refractivity (Wildman–Crippen MR) is 97.2 cm³/mol. The standard InChI is InChI=1S/C21H21NO/c1-4-11-22-21(5-2)20-14-18(13-19(15-20)16(3)23)12-17-9-7-6-8-10-17/h4-11,13-15H,2,12H2,1,3H3/b11-4-,22-21?. The van der Waals surface area contributed by atoms with Crippen LogP contribution in [0.3, 0.4) is 0 Å². The number of benzene rings is 2. The maximum Gasteiger partial charge on any atom is 0.159 e. The minimum absolute atomic E-state index is 0.0515. The molecule has 0 atom stereocenters. The van der Waals surface area contributed by atoms with E-state index in [1.807, 2.05) is 43.3 Å². The van der Waals surface area contributed by atoms with Gasteiger partial charge in [0.05, 0.1) is 5.71 Å². The van der Waals surface area contributed by atoms with Crippen molar-refractivity contribution in [1.82, 2.24) is 0 Å². The van der Waals surface area contributed by atoms with E-state index >= 15 is 0 Å². The average Bonchev–Trinajstić information content (AvgIpc) is 2.56. The lowest BCUT2D eigenvalue weighted by Gasteiger charge is -2.09. The first-order chi connectivity index (χ1) is 11.1. The monoisotopic (exact) mass is 303 g/mol. The summed E-state index contributed by atoms with van der Waals surface area (Å²) in [6, 6.07) is 16.1. The van der Waals surface area contributed by atoms with Crippen molar-refractivity contribution in [2.24, 2.45) is 4.99 Å². The number of carbonyl (C=O) groups excluding carboxylic acids is 1. The molecular formula is C21H21NO. The summed E-state index contributed by atoms with van der Waals surface area (Å²) in [6.07, 6.45) is 6.09. The van der Waals surface area contributed by atoms with Crippen LogP contribution in [0.15, 0.2) is 78.5 Å². The van der Waals surface area contributed by atoms with Crippen molar-refractivity contribution in [2.45, 2.75) is 20.3 Å². The fraction of sp³-hybridized carbons (Fsp3) is 0.143. The van der Waals surface area contributed by atoms with Gasteiger partial charge in [-0.05, 0) is 55.7 Å². The molecule has 0 N–H and O–H groups in total. The summed E-state index contributed by atoms with van der Waals surface area (Å²) in [7, 11) is 0. The van der Waals surface area contributed by atoms with Crippen molar-refractivity contribution >= 4 is 11.5 Å². The first kappa shape index (κ1) is 16.6. The molecule has 0 aliphatic carbocycles. The molecule has 0 saturated heterocycles. The highest BCUT2D eigenvalue weighted by atomic mass is 16.1. The molecule has 0 unspecified atom stereocenters. The fourth-order valence-corrected chi connectivity index (χ4v) is 2.38. The van der Waals surface area contributed by atoms with Crippen molar-refractivity contribution < 1.29 is 4.79 Å². The van der Waals surface area contributed by atoms with Gasteiger partial charge in [-0.2, -0.15) is 0 Å². The Labute approximate surface area is 137 Å². The minimum atomic E-state index is 0.0515. The van der Waals surface area contributed by atoms with Crippen LogP contribution in [0, 0.1) is 0 Å². The first-order valence-corrected chi connectivity index (χ1v) is 7.64. The molecule has 0 bridgehead atoms. The Balaban J connectivity index is 2.47. The quantitative estimate of drug-likeness (QED) is 0.546. The molecule has 0 fully saturated rings. The molecule has 2 aromatic rings. The molecule has 0 amide bonds. The molecule has 2 nitrogen and oxygen atoms in total. The molecular weight excluding hydrogens is 282 g/mol. The van der Waals surface area contributed by atoms with Crippen molar-refractivity contribution in [3.8, 4) is 0 Å². The lowest BCUT2D eigenvalue weighted by atomic mass is 9.96. The molecule has 0 saturated carbocycles. The van der Waals surface area contributed by atoms with Crippen LogP contribution in [0.25, 0.3) is 0 Å². The summed E-state index contributed by atoms with van der Waals surface area (Å²) in [5.41, 5.74) is 4.68. The zero-order valence-electron chi connectivity index (χ0n) is 13.6. The number of Topliss-reactive ketones (excluding diaryl/α,β-unsaturated/α-hetero) is 1. The van der Waals surface area contributed by atoms with E-state index in [0.717, 1.165) is 23.3 Å². The number of allylic oxidation sites excluding steroid dienone is 2. The van der Waals surface area contributed by atoms with Crippen molar-refractivity contribution in [3.63, 3.8) is 0 Å². The van der Waals surface area contributed by atoms with Crippen LogP contribution in [0.5, 0.6) is 0 Å². The predicted octanol–water partition coefficient (Wildman–Crippen LogP) is 4.99. The number of rotatable bonds is 6. The Hall–Kier alpha value is -2.74. The average molecular weight is 303 g/mol. The number of ketones is 1. The van der Waals surface area contributed by atoms with Gasteiger partial charge in [0.2, 0.25) is 0 Å². The van der Waals surface area contributed by atoms with E-state index in [1.54, 1.807) is 19.2 Å². The van der Waals surface area contributed by atoms with Crippen molar-refractivity contribution in [3.05, 3.63) is 95.7 Å². The number of hydrogen-bond donors (Lipinski definition) is 0. The highest BCUT2D eigenvalue weighted by Gasteiger charge is 2.08. The van der Waals surface area contributed by atoms with Crippen molar-refractivity contribution in [1.29, 1.82) is 0 Å². The van der Waals surface area contributed by atoms with Gasteiger partial charge in [-0.25, -0.2) is 0 Å². The molecule has 0 spiro atoms. The molecule has 116 valence electrons. The Bertz CT molecular complexity index is 755. The normalized spacial score (nSPS) is 11.7. The molecule has 23 heavy (non-hydrogen) atoms. The van der Waals surface area contributed by atoms with E-state index < -0.39 is 0 Å². The molecule has 0 aliphatic heterocycles. The summed E-state index contributed by atoms with van der Waals surface area (Å²) < 4.78 is 0. The maximum absolute atomic E-state index is 11.8. The zero-order chi connectivity index (χ0) is 16.7. The second kappa shape index (κ2) is 8.04. The molecule has 0 heterocycles. The molecule has 0 aromatic heterocycles. The second-order valence-corrected chi connectivity index (χ2v) is 5.34. The van der Waals surface area contributed by atoms with E-state index in [9.17, 15) is 4.79 Å². The zero-order valence-corrected chi connectivity index (χ0v) is 13.6. The van der Waals surface area contributed by atoms with Crippen LogP contribution in [-0.2, 0) is 6.42 Å². The molecule has 2 heteroatoms. The fourth-order valence-electron chi connectivity index (χ4n) is 2.38. The highest BCUT2D eigenvalue weighted by Crippen LogP contribution is 2.17. The molecule has 0 aliphatic rings. The lowest BCUT2D eigenvalue weighted by molar-refractivity contribution is 0.101. The van der Waals surface area contributed by atoms with Crippen molar-refractivity contribution in [2.75, 3.05) is 0 Å². The van der Waals surface area contributed by atoms with Crippen LogP contribution in [-0.4, -0.2) is 11.5 Å². The molecule has 0 radical (unpaired) electrons. The van der Waals surface area contributed by atoms with Crippen LogP contribution in [0.2, 0.25) is 0 Å². The van der Waals surface area contributed by atoms with Gasteiger partial charge < -0.3 is 0 Å². The van der Waals surface area contributed by atoms with Gasteiger partial charge in [0.15, 0.2) is 5.78 Å².